The van der Waals surface area contributed by atoms with Crippen molar-refractivity contribution in [2.24, 2.45) is 0 Å². The minimum atomic E-state index is 0.306. The van der Waals surface area contributed by atoms with Crippen molar-refractivity contribution >= 4 is 11.3 Å². The molecule has 4 heteroatoms. The number of nitrogens with one attached hydrogen (secondary N) is 1. The summed E-state index contributed by atoms with van der Waals surface area (Å²) >= 11 is 1.73. The van der Waals surface area contributed by atoms with E-state index >= 15 is 0 Å². The van der Waals surface area contributed by atoms with E-state index in [-0.39, 0.29) is 0 Å². The molecule has 0 aliphatic heterocycles. The standard InChI is InChI=1S/C16H23N3S/c1-4-10-17-13(3)16-19-18-15(20-16)9-8-14-7-5-6-12(2)11-14/h5-7,11,13,17H,4,8-10H2,1-3H3. The van der Waals surface area contributed by atoms with Crippen LogP contribution in [0.25, 0.3) is 0 Å². The van der Waals surface area contributed by atoms with Gasteiger partial charge in [0.1, 0.15) is 10.0 Å². The second-order valence-electron chi connectivity index (χ2n) is 5.20. The Bertz CT molecular complexity index is 536. The molecule has 1 aromatic heterocycles. The van der Waals surface area contributed by atoms with E-state index in [9.17, 15) is 0 Å². The molecule has 3 nitrogen and oxygen atoms in total. The molecule has 0 aliphatic rings. The number of aryl methyl sites for hydroxylation is 3. The Balaban J connectivity index is 1.89. The monoisotopic (exact) mass is 289 g/mol. The normalized spacial score (nSPS) is 12.6. The predicted molar refractivity (Wildman–Crippen MR) is 85.2 cm³/mol. The van der Waals surface area contributed by atoms with E-state index in [1.807, 2.05) is 0 Å². The topological polar surface area (TPSA) is 37.8 Å². The van der Waals surface area contributed by atoms with E-state index in [1.165, 1.54) is 11.1 Å². The van der Waals surface area contributed by atoms with Gasteiger partial charge in [-0.2, -0.15) is 0 Å². The minimum Gasteiger partial charge on any atom is -0.308 e. The van der Waals surface area contributed by atoms with Crippen molar-refractivity contribution in [3.8, 4) is 0 Å². The summed E-state index contributed by atoms with van der Waals surface area (Å²) in [6, 6.07) is 8.98. The molecular weight excluding hydrogens is 266 g/mol. The lowest BCUT2D eigenvalue weighted by Gasteiger charge is -2.08. The molecule has 1 heterocycles. The summed E-state index contributed by atoms with van der Waals surface area (Å²) < 4.78 is 0. The lowest BCUT2D eigenvalue weighted by Crippen LogP contribution is -2.18. The summed E-state index contributed by atoms with van der Waals surface area (Å²) in [6.07, 6.45) is 3.15. The Morgan fingerprint density at radius 2 is 2.10 bits per heavy atom. The van der Waals surface area contributed by atoms with Crippen molar-refractivity contribution in [2.45, 2.75) is 46.1 Å². The van der Waals surface area contributed by atoms with E-state index in [2.05, 4.69) is 60.6 Å². The maximum Gasteiger partial charge on any atom is 0.134 e. The molecule has 1 aromatic carbocycles. The third-order valence-corrected chi connectivity index (χ3v) is 4.43. The molecule has 0 aliphatic carbocycles. The maximum absolute atomic E-state index is 4.31. The first-order chi connectivity index (χ1) is 9.69. The number of nitrogens with zero attached hydrogens (tertiary/aromatic N) is 2. The van der Waals surface area contributed by atoms with Crippen molar-refractivity contribution in [2.75, 3.05) is 6.54 Å². The molecule has 108 valence electrons. The highest BCUT2D eigenvalue weighted by Gasteiger charge is 2.11. The van der Waals surface area contributed by atoms with Gasteiger partial charge in [0, 0.05) is 6.42 Å². The van der Waals surface area contributed by atoms with E-state index in [4.69, 9.17) is 0 Å². The number of hydrogen-bond donors (Lipinski definition) is 1. The van der Waals surface area contributed by atoms with Crippen molar-refractivity contribution in [1.29, 1.82) is 0 Å². The van der Waals surface area contributed by atoms with Gasteiger partial charge in [0.2, 0.25) is 0 Å². The average molecular weight is 289 g/mol. The van der Waals surface area contributed by atoms with Crippen molar-refractivity contribution in [3.05, 3.63) is 45.4 Å². The smallest absolute Gasteiger partial charge is 0.134 e. The zero-order valence-electron chi connectivity index (χ0n) is 12.5. The fourth-order valence-corrected chi connectivity index (χ4v) is 2.98. The van der Waals surface area contributed by atoms with Crippen molar-refractivity contribution < 1.29 is 0 Å². The molecule has 2 aromatic rings. The summed E-state index contributed by atoms with van der Waals surface area (Å²) in [5.41, 5.74) is 2.69. The summed E-state index contributed by atoms with van der Waals surface area (Å²) in [6.45, 7) is 7.49. The molecule has 0 saturated carbocycles. The average Bonchev–Trinajstić information content (AvgIpc) is 2.91. The van der Waals surface area contributed by atoms with Crippen LogP contribution >= 0.6 is 11.3 Å². The van der Waals surface area contributed by atoms with E-state index in [0.717, 1.165) is 35.8 Å². The summed E-state index contributed by atoms with van der Waals surface area (Å²) in [7, 11) is 0. The third kappa shape index (κ3) is 4.39. The van der Waals surface area contributed by atoms with Gasteiger partial charge in [0.25, 0.3) is 0 Å². The van der Waals surface area contributed by atoms with Gasteiger partial charge in [0.05, 0.1) is 6.04 Å². The SMILES string of the molecule is CCCNC(C)c1nnc(CCc2cccc(C)c2)s1. The van der Waals surface area contributed by atoms with Crippen LogP contribution in [0, 0.1) is 6.92 Å². The van der Waals surface area contributed by atoms with Gasteiger partial charge < -0.3 is 5.32 Å². The predicted octanol–water partition coefficient (Wildman–Crippen LogP) is 3.69. The molecular formula is C16H23N3S. The molecule has 2 rings (SSSR count). The highest BCUT2D eigenvalue weighted by Crippen LogP contribution is 2.19. The van der Waals surface area contributed by atoms with Crippen LogP contribution < -0.4 is 5.32 Å². The molecule has 0 amide bonds. The second-order valence-corrected chi connectivity index (χ2v) is 6.29. The van der Waals surface area contributed by atoms with Crippen LogP contribution in [0.1, 0.15) is 47.5 Å². The zero-order chi connectivity index (χ0) is 14.4. The molecule has 0 bridgehead atoms. The van der Waals surface area contributed by atoms with E-state index in [0.29, 0.717) is 6.04 Å². The van der Waals surface area contributed by atoms with Crippen LogP contribution in [0.2, 0.25) is 0 Å². The van der Waals surface area contributed by atoms with Gasteiger partial charge in [-0.15, -0.1) is 10.2 Å². The summed E-state index contributed by atoms with van der Waals surface area (Å²) in [5.74, 6) is 0. The molecule has 1 N–H and O–H groups in total. The maximum atomic E-state index is 4.31. The molecule has 0 spiro atoms. The van der Waals surface area contributed by atoms with Gasteiger partial charge in [-0.1, -0.05) is 48.1 Å². The van der Waals surface area contributed by atoms with Crippen molar-refractivity contribution in [1.82, 2.24) is 15.5 Å². The quantitative estimate of drug-likeness (QED) is 0.844. The molecule has 1 atom stereocenters. The van der Waals surface area contributed by atoms with Crippen LogP contribution in [0.15, 0.2) is 24.3 Å². The number of rotatable bonds is 7. The number of benzene rings is 1. The van der Waals surface area contributed by atoms with Crippen molar-refractivity contribution in [3.63, 3.8) is 0 Å². The lowest BCUT2D eigenvalue weighted by molar-refractivity contribution is 0.564. The van der Waals surface area contributed by atoms with Crippen LogP contribution in [0.4, 0.5) is 0 Å². The van der Waals surface area contributed by atoms with Crippen LogP contribution in [-0.4, -0.2) is 16.7 Å². The number of hydrogen-bond acceptors (Lipinski definition) is 4. The Hall–Kier alpha value is -1.26. The van der Waals surface area contributed by atoms with Gasteiger partial charge >= 0.3 is 0 Å². The zero-order valence-corrected chi connectivity index (χ0v) is 13.3. The molecule has 0 saturated heterocycles. The van der Waals surface area contributed by atoms with Crippen LogP contribution in [-0.2, 0) is 12.8 Å². The van der Waals surface area contributed by atoms with Gasteiger partial charge in [-0.25, -0.2) is 0 Å². The Labute approximate surface area is 125 Å². The Morgan fingerprint density at radius 1 is 1.25 bits per heavy atom. The molecule has 0 fully saturated rings. The largest absolute Gasteiger partial charge is 0.308 e. The third-order valence-electron chi connectivity index (χ3n) is 3.26. The fourth-order valence-electron chi connectivity index (χ4n) is 2.11. The van der Waals surface area contributed by atoms with Gasteiger partial charge in [0.15, 0.2) is 0 Å². The first kappa shape index (κ1) is 15.1. The first-order valence-corrected chi connectivity index (χ1v) is 8.12. The Morgan fingerprint density at radius 3 is 2.85 bits per heavy atom. The summed E-state index contributed by atoms with van der Waals surface area (Å²) in [4.78, 5) is 0. The fraction of sp³-hybridized carbons (Fsp3) is 0.500. The van der Waals surface area contributed by atoms with E-state index in [1.54, 1.807) is 11.3 Å². The van der Waals surface area contributed by atoms with Crippen LogP contribution in [0.5, 0.6) is 0 Å². The number of aromatic nitrogens is 2. The highest BCUT2D eigenvalue weighted by molar-refractivity contribution is 7.11. The van der Waals surface area contributed by atoms with E-state index < -0.39 is 0 Å². The summed E-state index contributed by atoms with van der Waals surface area (Å²) in [5, 5.41) is 14.3. The minimum absolute atomic E-state index is 0.306. The van der Waals surface area contributed by atoms with Crippen LogP contribution in [0.3, 0.4) is 0 Å². The second kappa shape index (κ2) is 7.50. The molecule has 1 unspecified atom stereocenters. The Kier molecular flexibility index (Phi) is 5.68. The van der Waals surface area contributed by atoms with Gasteiger partial charge in [-0.05, 0) is 38.8 Å². The molecule has 20 heavy (non-hydrogen) atoms. The lowest BCUT2D eigenvalue weighted by atomic mass is 10.1. The van der Waals surface area contributed by atoms with Gasteiger partial charge in [-0.3, -0.25) is 0 Å². The molecule has 0 radical (unpaired) electrons. The first-order valence-electron chi connectivity index (χ1n) is 7.30. The highest BCUT2D eigenvalue weighted by atomic mass is 32.1.